The Kier molecular flexibility index (Phi) is 8.79. The smallest absolute Gasteiger partial charge is 0.359 e. The molecule has 0 saturated carbocycles. The third-order valence-electron chi connectivity index (χ3n) is 7.56. The van der Waals surface area contributed by atoms with Crippen molar-refractivity contribution >= 4 is 7.60 Å². The third kappa shape index (κ3) is 4.72. The van der Waals surface area contributed by atoms with Gasteiger partial charge in [0.2, 0.25) is 0 Å². The van der Waals surface area contributed by atoms with Gasteiger partial charge >= 0.3 is 13.3 Å². The molecule has 6 atom stereocenters. The molecule has 2 rings (SSSR count). The number of hydrogen-bond acceptors (Lipinski definition) is 8. The van der Waals surface area contributed by atoms with Crippen molar-refractivity contribution < 1.29 is 34.0 Å². The molecule has 0 radical (unpaired) electrons. The molecule has 1 aromatic heterocycles. The standard InChI is InChI=1S/C22H39N2O9P/c1-8-21(9-2,33-34(30,31)22(29,10-3)11-4)13(5)17-15(25)16(26)18(32-17)14-12-23(6)20(28)24(7)19(14)27/h12-13,15-18,25-26,29H,8-11H2,1-7H3,(H,30,31). The van der Waals surface area contributed by atoms with E-state index in [0.717, 1.165) is 4.57 Å². The van der Waals surface area contributed by atoms with E-state index >= 15 is 0 Å². The number of rotatable bonds is 10. The first-order valence-electron chi connectivity index (χ1n) is 11.7. The first-order valence-corrected chi connectivity index (χ1v) is 13.3. The molecular formula is C22H39N2O9P. The van der Waals surface area contributed by atoms with Crippen LogP contribution in [0, 0.1) is 5.92 Å². The van der Waals surface area contributed by atoms with Gasteiger partial charge in [0, 0.05) is 26.2 Å². The van der Waals surface area contributed by atoms with Crippen molar-refractivity contribution in [1.82, 2.24) is 9.13 Å². The third-order valence-corrected chi connectivity index (χ3v) is 9.86. The second-order valence-corrected chi connectivity index (χ2v) is 11.3. The normalized spacial score (nSPS) is 26.4. The van der Waals surface area contributed by atoms with E-state index in [0.29, 0.717) is 0 Å². The zero-order valence-corrected chi connectivity index (χ0v) is 21.9. The monoisotopic (exact) mass is 506 g/mol. The van der Waals surface area contributed by atoms with Gasteiger partial charge in [0.05, 0.1) is 17.3 Å². The van der Waals surface area contributed by atoms with Crippen LogP contribution < -0.4 is 11.2 Å². The molecule has 1 aliphatic heterocycles. The zero-order chi connectivity index (χ0) is 26.2. The van der Waals surface area contributed by atoms with Gasteiger partial charge in [-0.3, -0.25) is 18.5 Å². The summed E-state index contributed by atoms with van der Waals surface area (Å²) in [7, 11) is -1.77. The molecule has 196 valence electrons. The van der Waals surface area contributed by atoms with Crippen LogP contribution >= 0.6 is 7.60 Å². The van der Waals surface area contributed by atoms with E-state index in [2.05, 4.69) is 0 Å². The fourth-order valence-corrected chi connectivity index (χ4v) is 6.68. The lowest BCUT2D eigenvalue weighted by Gasteiger charge is -2.44. The Morgan fingerprint density at radius 3 is 2.09 bits per heavy atom. The van der Waals surface area contributed by atoms with Crippen molar-refractivity contribution in [2.24, 2.45) is 20.0 Å². The molecule has 4 N–H and O–H groups in total. The van der Waals surface area contributed by atoms with E-state index in [-0.39, 0.29) is 31.2 Å². The van der Waals surface area contributed by atoms with Crippen LogP contribution in [0.1, 0.15) is 72.0 Å². The lowest BCUT2D eigenvalue weighted by atomic mass is 9.79. The van der Waals surface area contributed by atoms with Gasteiger partial charge in [0.1, 0.15) is 18.3 Å². The molecule has 1 aliphatic rings. The highest BCUT2D eigenvalue weighted by molar-refractivity contribution is 7.54. The van der Waals surface area contributed by atoms with Crippen LogP contribution in [0.15, 0.2) is 15.8 Å². The van der Waals surface area contributed by atoms with Crippen molar-refractivity contribution in [3.05, 3.63) is 32.6 Å². The van der Waals surface area contributed by atoms with E-state index in [1.807, 2.05) is 0 Å². The van der Waals surface area contributed by atoms with Gasteiger partial charge in [-0.25, -0.2) is 4.79 Å². The van der Waals surface area contributed by atoms with Gasteiger partial charge in [-0.15, -0.1) is 0 Å². The highest BCUT2D eigenvalue weighted by Gasteiger charge is 2.56. The Balaban J connectivity index is 2.47. The fourth-order valence-electron chi connectivity index (χ4n) is 4.79. The van der Waals surface area contributed by atoms with Crippen LogP contribution in [0.3, 0.4) is 0 Å². The molecule has 1 saturated heterocycles. The largest absolute Gasteiger partial charge is 0.388 e. The Hall–Kier alpha value is -1.33. The molecule has 6 unspecified atom stereocenters. The lowest BCUT2D eigenvalue weighted by molar-refractivity contribution is -0.105. The molecule has 11 nitrogen and oxygen atoms in total. The minimum atomic E-state index is -4.53. The molecule has 1 fully saturated rings. The average Bonchev–Trinajstić information content (AvgIpc) is 3.11. The van der Waals surface area contributed by atoms with Crippen molar-refractivity contribution in [2.45, 2.75) is 95.7 Å². The van der Waals surface area contributed by atoms with Crippen molar-refractivity contribution in [1.29, 1.82) is 0 Å². The first-order chi connectivity index (χ1) is 15.7. The number of ether oxygens (including phenoxy) is 1. The zero-order valence-electron chi connectivity index (χ0n) is 21.0. The molecule has 0 bridgehead atoms. The second kappa shape index (κ2) is 10.3. The molecular weight excluding hydrogens is 467 g/mol. The molecule has 0 aromatic carbocycles. The lowest BCUT2D eigenvalue weighted by Crippen LogP contribution is -2.49. The summed E-state index contributed by atoms with van der Waals surface area (Å²) in [5.41, 5.74) is -2.48. The quantitative estimate of drug-likeness (QED) is 0.341. The van der Waals surface area contributed by atoms with Crippen LogP contribution in [0.5, 0.6) is 0 Å². The summed E-state index contributed by atoms with van der Waals surface area (Å²) in [5.74, 6) is -0.716. The molecule has 0 amide bonds. The molecule has 1 aromatic rings. The fraction of sp³-hybridized carbons (Fsp3) is 0.818. The summed E-state index contributed by atoms with van der Waals surface area (Å²) < 4.78 is 27.1. The molecule has 0 spiro atoms. The molecule has 0 aliphatic carbocycles. The maximum absolute atomic E-state index is 13.2. The summed E-state index contributed by atoms with van der Waals surface area (Å²) in [6, 6.07) is 0. The molecule has 12 heteroatoms. The SMILES string of the molecule is CCC(CC)(OP(=O)(O)C(O)(CC)CC)C(C)C1OC(c2cn(C)c(=O)n(C)c2=O)C(O)C1O. The predicted molar refractivity (Wildman–Crippen MR) is 125 cm³/mol. The highest BCUT2D eigenvalue weighted by atomic mass is 31.2. The number of aromatic nitrogens is 2. The van der Waals surface area contributed by atoms with Crippen LogP contribution in [-0.2, 0) is 27.9 Å². The van der Waals surface area contributed by atoms with E-state index in [9.17, 15) is 34.4 Å². The number of hydrogen-bond donors (Lipinski definition) is 4. The Bertz CT molecular complexity index is 1030. The minimum absolute atomic E-state index is 0.00420. The second-order valence-electron chi connectivity index (χ2n) is 9.21. The van der Waals surface area contributed by atoms with Gasteiger partial charge in [-0.2, -0.15) is 0 Å². The van der Waals surface area contributed by atoms with Crippen LogP contribution in [0.4, 0.5) is 0 Å². The van der Waals surface area contributed by atoms with E-state index < -0.39 is 60.1 Å². The number of aryl methyl sites for hydroxylation is 1. The van der Waals surface area contributed by atoms with Gasteiger partial charge in [-0.1, -0.05) is 34.6 Å². The van der Waals surface area contributed by atoms with E-state index in [1.54, 1.807) is 34.6 Å². The van der Waals surface area contributed by atoms with Gasteiger partial charge in [-0.05, 0) is 25.7 Å². The molecule has 2 heterocycles. The van der Waals surface area contributed by atoms with E-state index in [1.165, 1.54) is 24.9 Å². The number of aliphatic hydroxyl groups excluding tert-OH is 2. The summed E-state index contributed by atoms with van der Waals surface area (Å²) in [4.78, 5) is 35.5. The minimum Gasteiger partial charge on any atom is -0.388 e. The Labute approximate surface area is 199 Å². The average molecular weight is 507 g/mol. The molecule has 34 heavy (non-hydrogen) atoms. The van der Waals surface area contributed by atoms with Crippen LogP contribution in [0.2, 0.25) is 0 Å². The van der Waals surface area contributed by atoms with Crippen molar-refractivity contribution in [3.8, 4) is 0 Å². The van der Waals surface area contributed by atoms with Gasteiger partial charge < -0.3 is 29.5 Å². The van der Waals surface area contributed by atoms with E-state index in [4.69, 9.17) is 9.26 Å². The Morgan fingerprint density at radius 1 is 1.09 bits per heavy atom. The summed E-state index contributed by atoms with van der Waals surface area (Å²) >= 11 is 0. The van der Waals surface area contributed by atoms with Crippen LogP contribution in [0.25, 0.3) is 0 Å². The highest BCUT2D eigenvalue weighted by Crippen LogP contribution is 2.62. The summed E-state index contributed by atoms with van der Waals surface area (Å²) in [6.07, 6.45) is -3.39. The van der Waals surface area contributed by atoms with Crippen LogP contribution in [-0.4, -0.2) is 58.6 Å². The van der Waals surface area contributed by atoms with Gasteiger partial charge in [0.25, 0.3) is 5.56 Å². The van der Waals surface area contributed by atoms with Crippen molar-refractivity contribution in [3.63, 3.8) is 0 Å². The number of aliphatic hydroxyl groups is 3. The first kappa shape index (κ1) is 28.9. The maximum atomic E-state index is 13.2. The maximum Gasteiger partial charge on any atom is 0.359 e. The summed E-state index contributed by atoms with van der Waals surface area (Å²) in [5, 5.41) is 30.4. The number of nitrogens with zero attached hydrogens (tertiary/aromatic N) is 2. The summed E-state index contributed by atoms with van der Waals surface area (Å²) in [6.45, 7) is 8.38. The van der Waals surface area contributed by atoms with Gasteiger partial charge in [0.15, 0.2) is 5.34 Å². The van der Waals surface area contributed by atoms with Crippen molar-refractivity contribution in [2.75, 3.05) is 0 Å². The Morgan fingerprint density at radius 2 is 1.62 bits per heavy atom. The predicted octanol–water partition coefficient (Wildman–Crippen LogP) is 1.15. The topological polar surface area (TPSA) is 160 Å².